The van der Waals surface area contributed by atoms with Gasteiger partial charge in [0.25, 0.3) is 0 Å². The zero-order chi connectivity index (χ0) is 11.0. The largest absolute Gasteiger partial charge is 0.348 e. The second kappa shape index (κ2) is 3.63. The average molecular weight is 210 g/mol. The first-order valence-corrected chi connectivity index (χ1v) is 5.58. The third kappa shape index (κ3) is 1.56. The monoisotopic (exact) mass is 210 g/mol. The van der Waals surface area contributed by atoms with Crippen LogP contribution >= 0.6 is 0 Å². The van der Waals surface area contributed by atoms with E-state index in [1.807, 2.05) is 13.0 Å². The molecule has 0 unspecified atom stereocenters. The SMILES string of the molecule is Cc1cccc(N2Cc3ccccc3C2)n1. The lowest BCUT2D eigenvalue weighted by Crippen LogP contribution is -2.15. The summed E-state index contributed by atoms with van der Waals surface area (Å²) >= 11 is 0. The molecule has 2 heteroatoms. The Bertz CT molecular complexity index is 495. The molecule has 0 spiro atoms. The Morgan fingerprint density at radius 2 is 1.62 bits per heavy atom. The van der Waals surface area contributed by atoms with Crippen molar-refractivity contribution < 1.29 is 0 Å². The average Bonchev–Trinajstić information content (AvgIpc) is 2.72. The molecule has 0 bridgehead atoms. The van der Waals surface area contributed by atoms with Crippen molar-refractivity contribution in [3.05, 3.63) is 59.3 Å². The second-order valence-corrected chi connectivity index (χ2v) is 4.26. The molecule has 16 heavy (non-hydrogen) atoms. The van der Waals surface area contributed by atoms with Gasteiger partial charge in [-0.05, 0) is 30.2 Å². The highest BCUT2D eigenvalue weighted by molar-refractivity contribution is 5.47. The molecule has 2 nitrogen and oxygen atoms in total. The van der Waals surface area contributed by atoms with Crippen LogP contribution in [-0.4, -0.2) is 4.98 Å². The van der Waals surface area contributed by atoms with Crippen LogP contribution in [0.1, 0.15) is 16.8 Å². The van der Waals surface area contributed by atoms with Crippen LogP contribution in [0.4, 0.5) is 5.82 Å². The van der Waals surface area contributed by atoms with Gasteiger partial charge in [-0.2, -0.15) is 0 Å². The van der Waals surface area contributed by atoms with Crippen LogP contribution < -0.4 is 4.90 Å². The van der Waals surface area contributed by atoms with Gasteiger partial charge in [0.2, 0.25) is 0 Å². The third-order valence-corrected chi connectivity index (χ3v) is 3.04. The number of rotatable bonds is 1. The fourth-order valence-electron chi connectivity index (χ4n) is 2.20. The lowest BCUT2D eigenvalue weighted by molar-refractivity contribution is 0.852. The summed E-state index contributed by atoms with van der Waals surface area (Å²) in [7, 11) is 0. The van der Waals surface area contributed by atoms with Crippen LogP contribution in [-0.2, 0) is 13.1 Å². The maximum absolute atomic E-state index is 4.56. The number of benzene rings is 1. The van der Waals surface area contributed by atoms with E-state index >= 15 is 0 Å². The number of fused-ring (bicyclic) bond motifs is 1. The van der Waals surface area contributed by atoms with Gasteiger partial charge in [-0.1, -0.05) is 30.3 Å². The fourth-order valence-corrected chi connectivity index (χ4v) is 2.20. The predicted octanol–water partition coefficient (Wildman–Crippen LogP) is 2.91. The summed E-state index contributed by atoms with van der Waals surface area (Å²) in [5.41, 5.74) is 3.92. The highest BCUT2D eigenvalue weighted by Crippen LogP contribution is 2.26. The van der Waals surface area contributed by atoms with Crippen LogP contribution in [0, 0.1) is 6.92 Å². The number of aryl methyl sites for hydroxylation is 1. The zero-order valence-electron chi connectivity index (χ0n) is 9.35. The molecule has 2 aromatic rings. The topological polar surface area (TPSA) is 16.1 Å². The molecule has 2 heterocycles. The lowest BCUT2D eigenvalue weighted by Gasteiger charge is -2.16. The van der Waals surface area contributed by atoms with Crippen molar-refractivity contribution >= 4 is 5.82 Å². The molecule has 0 atom stereocenters. The summed E-state index contributed by atoms with van der Waals surface area (Å²) in [4.78, 5) is 6.88. The molecule has 0 saturated carbocycles. The smallest absolute Gasteiger partial charge is 0.129 e. The quantitative estimate of drug-likeness (QED) is 0.719. The molecule has 0 amide bonds. The van der Waals surface area contributed by atoms with Crippen LogP contribution in [0.3, 0.4) is 0 Å². The minimum atomic E-state index is 0.979. The molecule has 80 valence electrons. The van der Waals surface area contributed by atoms with Crippen LogP contribution in [0.2, 0.25) is 0 Å². The Morgan fingerprint density at radius 3 is 2.25 bits per heavy atom. The van der Waals surface area contributed by atoms with Gasteiger partial charge in [0.05, 0.1) is 0 Å². The van der Waals surface area contributed by atoms with E-state index in [-0.39, 0.29) is 0 Å². The summed E-state index contributed by atoms with van der Waals surface area (Å²) in [6.45, 7) is 3.99. The van der Waals surface area contributed by atoms with E-state index in [1.165, 1.54) is 11.1 Å². The van der Waals surface area contributed by atoms with Crippen molar-refractivity contribution in [1.29, 1.82) is 0 Å². The molecule has 0 saturated heterocycles. The molecule has 1 aliphatic heterocycles. The Morgan fingerprint density at radius 1 is 0.938 bits per heavy atom. The zero-order valence-corrected chi connectivity index (χ0v) is 9.35. The van der Waals surface area contributed by atoms with E-state index in [0.717, 1.165) is 24.6 Å². The minimum absolute atomic E-state index is 0.979. The number of hydrogen-bond acceptors (Lipinski definition) is 2. The number of hydrogen-bond donors (Lipinski definition) is 0. The number of aromatic nitrogens is 1. The van der Waals surface area contributed by atoms with Crippen LogP contribution in [0.25, 0.3) is 0 Å². The predicted molar refractivity (Wildman–Crippen MR) is 65.3 cm³/mol. The number of nitrogens with zero attached hydrogens (tertiary/aromatic N) is 2. The van der Waals surface area contributed by atoms with Crippen LogP contribution in [0.5, 0.6) is 0 Å². The van der Waals surface area contributed by atoms with Crippen molar-refractivity contribution in [3.63, 3.8) is 0 Å². The highest BCUT2D eigenvalue weighted by Gasteiger charge is 2.18. The molecule has 3 rings (SSSR count). The van der Waals surface area contributed by atoms with Gasteiger partial charge in [0.15, 0.2) is 0 Å². The van der Waals surface area contributed by atoms with Crippen molar-refractivity contribution in [3.8, 4) is 0 Å². The maximum Gasteiger partial charge on any atom is 0.129 e. The number of pyridine rings is 1. The lowest BCUT2D eigenvalue weighted by atomic mass is 10.1. The molecule has 0 radical (unpaired) electrons. The standard InChI is InChI=1S/C14H14N2/c1-11-5-4-8-14(15-11)16-9-12-6-2-3-7-13(12)10-16/h2-8H,9-10H2,1H3. The van der Waals surface area contributed by atoms with Gasteiger partial charge in [-0.3, -0.25) is 0 Å². The van der Waals surface area contributed by atoms with E-state index in [9.17, 15) is 0 Å². The molecule has 0 aliphatic carbocycles. The summed E-state index contributed by atoms with van der Waals surface area (Å²) in [6.07, 6.45) is 0. The van der Waals surface area contributed by atoms with Gasteiger partial charge in [-0.15, -0.1) is 0 Å². The third-order valence-electron chi connectivity index (χ3n) is 3.04. The van der Waals surface area contributed by atoms with E-state index in [2.05, 4.69) is 46.3 Å². The van der Waals surface area contributed by atoms with Crippen molar-refractivity contribution in [2.45, 2.75) is 20.0 Å². The Hall–Kier alpha value is -1.83. The van der Waals surface area contributed by atoms with E-state index < -0.39 is 0 Å². The molecule has 0 fully saturated rings. The van der Waals surface area contributed by atoms with Gasteiger partial charge in [0, 0.05) is 18.8 Å². The van der Waals surface area contributed by atoms with Crippen LogP contribution in [0.15, 0.2) is 42.5 Å². The summed E-state index contributed by atoms with van der Waals surface area (Å²) in [5, 5.41) is 0. The Kier molecular flexibility index (Phi) is 2.13. The van der Waals surface area contributed by atoms with E-state index in [4.69, 9.17) is 0 Å². The van der Waals surface area contributed by atoms with Crippen molar-refractivity contribution in [2.75, 3.05) is 4.90 Å². The summed E-state index contributed by atoms with van der Waals surface area (Å²) in [5.74, 6) is 1.08. The Labute approximate surface area is 95.6 Å². The molecular formula is C14H14N2. The molecule has 1 aromatic heterocycles. The van der Waals surface area contributed by atoms with Gasteiger partial charge in [0.1, 0.15) is 5.82 Å². The molecule has 1 aliphatic rings. The molecular weight excluding hydrogens is 196 g/mol. The normalized spacial score (nSPS) is 13.9. The van der Waals surface area contributed by atoms with Crippen molar-refractivity contribution in [1.82, 2.24) is 4.98 Å². The van der Waals surface area contributed by atoms with E-state index in [1.54, 1.807) is 0 Å². The van der Waals surface area contributed by atoms with Gasteiger partial charge in [-0.25, -0.2) is 4.98 Å². The van der Waals surface area contributed by atoms with Gasteiger partial charge < -0.3 is 4.90 Å². The first-order valence-electron chi connectivity index (χ1n) is 5.58. The number of anilines is 1. The fraction of sp³-hybridized carbons (Fsp3) is 0.214. The molecule has 0 N–H and O–H groups in total. The van der Waals surface area contributed by atoms with E-state index in [0.29, 0.717) is 0 Å². The maximum atomic E-state index is 4.56. The molecule has 1 aromatic carbocycles. The van der Waals surface area contributed by atoms with Gasteiger partial charge >= 0.3 is 0 Å². The Balaban J connectivity index is 1.91. The second-order valence-electron chi connectivity index (χ2n) is 4.26. The summed E-state index contributed by atoms with van der Waals surface area (Å²) in [6, 6.07) is 14.8. The highest BCUT2D eigenvalue weighted by atomic mass is 15.2. The first-order chi connectivity index (χ1) is 7.83. The minimum Gasteiger partial charge on any atom is -0.348 e. The van der Waals surface area contributed by atoms with Crippen molar-refractivity contribution in [2.24, 2.45) is 0 Å². The first kappa shape index (κ1) is 9.40. The summed E-state index contributed by atoms with van der Waals surface area (Å²) < 4.78 is 0.